The summed E-state index contributed by atoms with van der Waals surface area (Å²) in [7, 11) is 0. The van der Waals surface area contributed by atoms with Gasteiger partial charge in [-0.25, -0.2) is 4.98 Å². The molecule has 1 heterocycles. The minimum atomic E-state index is -0.637. The predicted molar refractivity (Wildman–Crippen MR) is 125 cm³/mol. The first-order chi connectivity index (χ1) is 15.3. The summed E-state index contributed by atoms with van der Waals surface area (Å²) in [6.45, 7) is 8.10. The van der Waals surface area contributed by atoms with E-state index in [-0.39, 0.29) is 17.7 Å². The fourth-order valence-electron chi connectivity index (χ4n) is 3.15. The van der Waals surface area contributed by atoms with Gasteiger partial charge in [0.1, 0.15) is 11.8 Å². The molecule has 0 radical (unpaired) electrons. The van der Waals surface area contributed by atoms with Crippen molar-refractivity contribution in [3.63, 3.8) is 0 Å². The average molecular weight is 432 g/mol. The molecule has 32 heavy (non-hydrogen) atoms. The first-order valence-corrected chi connectivity index (χ1v) is 10.7. The number of pyridine rings is 1. The van der Waals surface area contributed by atoms with Crippen molar-refractivity contribution < 1.29 is 14.3 Å². The summed E-state index contributed by atoms with van der Waals surface area (Å²) in [5, 5.41) is 5.72. The maximum Gasteiger partial charge on any atom is 0.251 e. The summed E-state index contributed by atoms with van der Waals surface area (Å²) >= 11 is 0. The van der Waals surface area contributed by atoms with E-state index in [1.165, 1.54) is 0 Å². The summed E-state index contributed by atoms with van der Waals surface area (Å²) in [6.07, 6.45) is 1.67. The molecule has 0 aliphatic rings. The molecule has 166 valence electrons. The monoisotopic (exact) mass is 431 g/mol. The van der Waals surface area contributed by atoms with E-state index in [2.05, 4.69) is 15.6 Å². The van der Waals surface area contributed by atoms with Gasteiger partial charge in [-0.3, -0.25) is 9.59 Å². The Morgan fingerprint density at radius 2 is 1.75 bits per heavy atom. The maximum atomic E-state index is 12.7. The molecule has 1 unspecified atom stereocenters. The van der Waals surface area contributed by atoms with E-state index in [0.717, 1.165) is 22.4 Å². The lowest BCUT2D eigenvalue weighted by Gasteiger charge is -2.21. The van der Waals surface area contributed by atoms with E-state index in [4.69, 9.17) is 4.74 Å². The lowest BCUT2D eigenvalue weighted by molar-refractivity contribution is -0.124. The Kier molecular flexibility index (Phi) is 7.60. The van der Waals surface area contributed by atoms with E-state index >= 15 is 0 Å². The van der Waals surface area contributed by atoms with Crippen LogP contribution in [0.1, 0.15) is 40.9 Å². The number of aromatic nitrogens is 1. The molecule has 0 saturated carbocycles. The molecule has 2 aromatic carbocycles. The van der Waals surface area contributed by atoms with Gasteiger partial charge in [0.05, 0.1) is 0 Å². The van der Waals surface area contributed by atoms with Crippen molar-refractivity contribution in [2.45, 2.75) is 40.3 Å². The molecule has 0 saturated heterocycles. The van der Waals surface area contributed by atoms with Gasteiger partial charge in [-0.15, -0.1) is 0 Å². The van der Waals surface area contributed by atoms with Crippen molar-refractivity contribution >= 4 is 11.8 Å². The molecule has 2 amide bonds. The van der Waals surface area contributed by atoms with Gasteiger partial charge in [0.2, 0.25) is 11.8 Å². The highest BCUT2D eigenvalue weighted by Crippen LogP contribution is 2.24. The molecule has 1 aromatic heterocycles. The topological polar surface area (TPSA) is 80.3 Å². The smallest absolute Gasteiger partial charge is 0.251 e. The number of nitrogens with zero attached hydrogens (tertiary/aromatic N) is 1. The van der Waals surface area contributed by atoms with Gasteiger partial charge in [-0.05, 0) is 54.7 Å². The van der Waals surface area contributed by atoms with Gasteiger partial charge in [-0.2, -0.15) is 0 Å². The molecule has 1 atom stereocenters. The zero-order chi connectivity index (χ0) is 23.1. The Bertz CT molecular complexity index is 1060. The highest BCUT2D eigenvalue weighted by atomic mass is 16.5. The Morgan fingerprint density at radius 1 is 1.00 bits per heavy atom. The van der Waals surface area contributed by atoms with Crippen LogP contribution in [0.15, 0.2) is 66.9 Å². The van der Waals surface area contributed by atoms with E-state index in [1.807, 2.05) is 58.0 Å². The number of carbonyl (C=O) groups is 2. The lowest BCUT2D eigenvalue weighted by Crippen LogP contribution is -2.49. The van der Waals surface area contributed by atoms with Gasteiger partial charge >= 0.3 is 0 Å². The fraction of sp³-hybridized carbons (Fsp3) is 0.269. The third-order valence-corrected chi connectivity index (χ3v) is 5.09. The predicted octanol–water partition coefficient (Wildman–Crippen LogP) is 4.56. The van der Waals surface area contributed by atoms with Gasteiger partial charge in [0, 0.05) is 24.4 Å². The van der Waals surface area contributed by atoms with E-state index in [9.17, 15) is 9.59 Å². The highest BCUT2D eigenvalue weighted by Gasteiger charge is 2.24. The van der Waals surface area contributed by atoms with Crippen molar-refractivity contribution in [3.8, 4) is 11.6 Å². The molecule has 2 N–H and O–H groups in total. The molecular formula is C26H29N3O3. The second-order valence-corrected chi connectivity index (χ2v) is 8.15. The first-order valence-electron chi connectivity index (χ1n) is 10.7. The van der Waals surface area contributed by atoms with Crippen LogP contribution < -0.4 is 15.4 Å². The minimum absolute atomic E-state index is 0.0610. The molecule has 0 bridgehead atoms. The Labute approximate surface area is 189 Å². The number of carbonyl (C=O) groups excluding carboxylic acids is 2. The van der Waals surface area contributed by atoms with Crippen molar-refractivity contribution in [1.82, 2.24) is 15.6 Å². The standard InChI is InChI=1S/C26H29N3O3/c1-17(2)24(29-25(30)21-8-6-5-7-9-21)26(31)28-16-20-12-13-23(27-15-20)32-22-14-18(3)10-11-19(22)4/h5-15,17,24H,16H2,1-4H3,(H,28,31)(H,29,30). The summed E-state index contributed by atoms with van der Waals surface area (Å²) in [5.41, 5.74) is 3.51. The quantitative estimate of drug-likeness (QED) is 0.548. The van der Waals surface area contributed by atoms with E-state index < -0.39 is 6.04 Å². The van der Waals surface area contributed by atoms with Gasteiger partial charge < -0.3 is 15.4 Å². The van der Waals surface area contributed by atoms with Crippen LogP contribution in [0.4, 0.5) is 0 Å². The van der Waals surface area contributed by atoms with Gasteiger partial charge in [0.25, 0.3) is 5.91 Å². The third-order valence-electron chi connectivity index (χ3n) is 5.09. The van der Waals surface area contributed by atoms with Crippen LogP contribution in [0.2, 0.25) is 0 Å². The molecule has 6 nitrogen and oxygen atoms in total. The molecule has 0 aliphatic heterocycles. The highest BCUT2D eigenvalue weighted by molar-refractivity contribution is 5.97. The number of hydrogen-bond acceptors (Lipinski definition) is 4. The van der Waals surface area contributed by atoms with Gasteiger partial charge in [-0.1, -0.05) is 50.2 Å². The molecule has 0 fully saturated rings. The van der Waals surface area contributed by atoms with Crippen molar-refractivity contribution in [2.24, 2.45) is 5.92 Å². The molecular weight excluding hydrogens is 402 g/mol. The number of amides is 2. The number of aryl methyl sites for hydroxylation is 2. The van der Waals surface area contributed by atoms with Crippen LogP contribution in [-0.4, -0.2) is 22.8 Å². The van der Waals surface area contributed by atoms with Crippen molar-refractivity contribution in [1.29, 1.82) is 0 Å². The number of ether oxygens (including phenoxy) is 1. The second kappa shape index (κ2) is 10.6. The van der Waals surface area contributed by atoms with Gasteiger partial charge in [0.15, 0.2) is 0 Å². The summed E-state index contributed by atoms with van der Waals surface area (Å²) in [4.78, 5) is 29.5. The van der Waals surface area contributed by atoms with Crippen LogP contribution in [0.3, 0.4) is 0 Å². The molecule has 3 aromatic rings. The second-order valence-electron chi connectivity index (χ2n) is 8.15. The maximum absolute atomic E-state index is 12.7. The SMILES string of the molecule is Cc1ccc(C)c(Oc2ccc(CNC(=O)C(NC(=O)c3ccccc3)C(C)C)cn2)c1. The minimum Gasteiger partial charge on any atom is -0.439 e. The first kappa shape index (κ1) is 23.0. The van der Waals surface area contributed by atoms with Crippen LogP contribution in [0.5, 0.6) is 11.6 Å². The van der Waals surface area contributed by atoms with Crippen molar-refractivity contribution in [2.75, 3.05) is 0 Å². The lowest BCUT2D eigenvalue weighted by atomic mass is 10.0. The Balaban J connectivity index is 1.58. The zero-order valence-electron chi connectivity index (χ0n) is 18.9. The summed E-state index contributed by atoms with van der Waals surface area (Å²) in [6, 6.07) is 17.9. The third kappa shape index (κ3) is 6.17. The molecule has 0 aliphatic carbocycles. The van der Waals surface area contributed by atoms with E-state index in [0.29, 0.717) is 18.0 Å². The van der Waals surface area contributed by atoms with E-state index in [1.54, 1.807) is 36.5 Å². The number of benzene rings is 2. The summed E-state index contributed by atoms with van der Waals surface area (Å²) < 4.78 is 5.88. The summed E-state index contributed by atoms with van der Waals surface area (Å²) in [5.74, 6) is 0.694. The Morgan fingerprint density at radius 3 is 2.41 bits per heavy atom. The van der Waals surface area contributed by atoms with Crippen LogP contribution in [-0.2, 0) is 11.3 Å². The number of hydrogen-bond donors (Lipinski definition) is 2. The fourth-order valence-corrected chi connectivity index (χ4v) is 3.15. The average Bonchev–Trinajstić information content (AvgIpc) is 2.79. The van der Waals surface area contributed by atoms with Crippen molar-refractivity contribution in [3.05, 3.63) is 89.1 Å². The van der Waals surface area contributed by atoms with Crippen LogP contribution >= 0.6 is 0 Å². The van der Waals surface area contributed by atoms with Crippen LogP contribution in [0.25, 0.3) is 0 Å². The Hall–Kier alpha value is -3.67. The zero-order valence-corrected chi connectivity index (χ0v) is 18.9. The molecule has 0 spiro atoms. The normalized spacial score (nSPS) is 11.7. The molecule has 6 heteroatoms. The number of nitrogens with one attached hydrogen (secondary N) is 2. The number of rotatable bonds is 8. The largest absolute Gasteiger partial charge is 0.439 e. The van der Waals surface area contributed by atoms with Crippen LogP contribution in [0, 0.1) is 19.8 Å². The molecule has 3 rings (SSSR count).